The summed E-state index contributed by atoms with van der Waals surface area (Å²) in [7, 11) is 0. The summed E-state index contributed by atoms with van der Waals surface area (Å²) in [5.41, 5.74) is 0. The van der Waals surface area contributed by atoms with E-state index in [2.05, 4.69) is 16.0 Å². The molecule has 1 fully saturated rings. The summed E-state index contributed by atoms with van der Waals surface area (Å²) < 4.78 is 0. The Labute approximate surface area is 119 Å². The standard InChI is InChI=1S/C13H25N3O2.O2/c1-3-9-14-12(17)8-6-4-5-7-11-10(2)15-13(18)16-11;1-2/h10-11H,3-9H2,1-2H3,(H,14,17)(H2,15,16,18);/t10-,11?;/m1./s1. The molecule has 1 unspecified atom stereocenters. The van der Waals surface area contributed by atoms with Crippen molar-refractivity contribution in [2.45, 2.75) is 64.5 Å². The number of carbonyl (C=O) groups is 2. The van der Waals surface area contributed by atoms with Crippen LogP contribution in [0.1, 0.15) is 52.4 Å². The first-order valence-corrected chi connectivity index (χ1v) is 7.14. The molecule has 1 rings (SSSR count). The van der Waals surface area contributed by atoms with Gasteiger partial charge in [-0.1, -0.05) is 19.8 Å². The molecule has 0 spiro atoms. The number of rotatable bonds is 8. The van der Waals surface area contributed by atoms with Crippen LogP contribution in [-0.2, 0) is 4.79 Å². The van der Waals surface area contributed by atoms with Gasteiger partial charge in [-0.3, -0.25) is 4.79 Å². The Kier molecular flexibility index (Phi) is 10.3. The van der Waals surface area contributed by atoms with Gasteiger partial charge in [-0.2, -0.15) is 0 Å². The first kappa shape index (κ1) is 18.3. The molecule has 1 saturated heterocycles. The Balaban J connectivity index is 0.00000172. The minimum absolute atomic E-state index is 0.0635. The van der Waals surface area contributed by atoms with Crippen LogP contribution in [0, 0.1) is 9.93 Å². The van der Waals surface area contributed by atoms with Crippen molar-refractivity contribution in [3.63, 3.8) is 0 Å². The highest BCUT2D eigenvalue weighted by Gasteiger charge is 2.26. The third-order valence-electron chi connectivity index (χ3n) is 3.27. The van der Waals surface area contributed by atoms with Gasteiger partial charge in [0, 0.05) is 28.9 Å². The van der Waals surface area contributed by atoms with Crippen molar-refractivity contribution < 1.29 is 9.59 Å². The molecule has 0 aromatic carbocycles. The van der Waals surface area contributed by atoms with E-state index in [1.165, 1.54) is 0 Å². The highest BCUT2D eigenvalue weighted by Crippen LogP contribution is 2.11. The molecule has 0 radical (unpaired) electrons. The summed E-state index contributed by atoms with van der Waals surface area (Å²) in [6.45, 7) is 4.84. The van der Waals surface area contributed by atoms with Crippen molar-refractivity contribution in [3.8, 4) is 0 Å². The SMILES string of the molecule is CCCNC(=O)CCCCCC1NC(=O)N[C@@H]1C.O=O. The van der Waals surface area contributed by atoms with Crippen LogP contribution in [0.3, 0.4) is 0 Å². The summed E-state index contributed by atoms with van der Waals surface area (Å²) in [5.74, 6) is 0.154. The number of unbranched alkanes of at least 4 members (excludes halogenated alkanes) is 2. The predicted octanol–water partition coefficient (Wildman–Crippen LogP) is 1.60. The molecule has 20 heavy (non-hydrogen) atoms. The largest absolute Gasteiger partial charge is 0.356 e. The molecular formula is C13H25N3O4. The molecule has 116 valence electrons. The van der Waals surface area contributed by atoms with Crippen LogP contribution in [-0.4, -0.2) is 30.6 Å². The third-order valence-corrected chi connectivity index (χ3v) is 3.27. The van der Waals surface area contributed by atoms with Gasteiger partial charge in [0.2, 0.25) is 5.91 Å². The Hall–Kier alpha value is -1.66. The molecule has 2 atom stereocenters. The molecule has 7 heteroatoms. The van der Waals surface area contributed by atoms with Crippen LogP contribution in [0.15, 0.2) is 0 Å². The molecule has 0 aromatic rings. The summed E-state index contributed by atoms with van der Waals surface area (Å²) in [4.78, 5) is 36.4. The number of carbonyl (C=O) groups excluding carboxylic acids is 2. The molecule has 3 amide bonds. The normalized spacial score (nSPS) is 20.4. The lowest BCUT2D eigenvalue weighted by molar-refractivity contribution is -0.121. The van der Waals surface area contributed by atoms with E-state index in [4.69, 9.17) is 9.93 Å². The quantitative estimate of drug-likeness (QED) is 0.590. The van der Waals surface area contributed by atoms with Gasteiger partial charge in [-0.15, -0.1) is 0 Å². The van der Waals surface area contributed by atoms with Crippen LogP contribution >= 0.6 is 0 Å². The average molecular weight is 287 g/mol. The fourth-order valence-corrected chi connectivity index (χ4v) is 2.14. The topological polar surface area (TPSA) is 104 Å². The zero-order chi connectivity index (χ0) is 15.4. The first-order chi connectivity index (χ1) is 9.63. The van der Waals surface area contributed by atoms with Crippen molar-refractivity contribution in [1.82, 2.24) is 16.0 Å². The van der Waals surface area contributed by atoms with Gasteiger partial charge in [0.1, 0.15) is 0 Å². The first-order valence-electron chi connectivity index (χ1n) is 7.14. The molecule has 1 aliphatic rings. The zero-order valence-electron chi connectivity index (χ0n) is 12.2. The Morgan fingerprint density at radius 1 is 1.20 bits per heavy atom. The number of nitrogens with one attached hydrogen (secondary N) is 3. The van der Waals surface area contributed by atoms with Crippen LogP contribution in [0.2, 0.25) is 0 Å². The average Bonchev–Trinajstić information content (AvgIpc) is 2.76. The summed E-state index contributed by atoms with van der Waals surface area (Å²) in [6, 6.07) is 0.392. The molecule has 0 saturated carbocycles. The Morgan fingerprint density at radius 2 is 1.90 bits per heavy atom. The molecule has 7 nitrogen and oxygen atoms in total. The maximum Gasteiger partial charge on any atom is 0.315 e. The van der Waals surface area contributed by atoms with E-state index in [0.29, 0.717) is 6.42 Å². The van der Waals surface area contributed by atoms with E-state index < -0.39 is 0 Å². The van der Waals surface area contributed by atoms with E-state index in [1.807, 2.05) is 13.8 Å². The van der Waals surface area contributed by atoms with Crippen LogP contribution in [0.25, 0.3) is 0 Å². The molecule has 1 aliphatic heterocycles. The second-order valence-electron chi connectivity index (χ2n) is 4.96. The fourth-order valence-electron chi connectivity index (χ4n) is 2.14. The molecular weight excluding hydrogens is 262 g/mol. The smallest absolute Gasteiger partial charge is 0.315 e. The van der Waals surface area contributed by atoms with Crippen molar-refractivity contribution in [1.29, 1.82) is 0 Å². The van der Waals surface area contributed by atoms with Crippen LogP contribution < -0.4 is 16.0 Å². The number of amides is 3. The number of hydrogen-bond acceptors (Lipinski definition) is 4. The number of hydrogen-bond donors (Lipinski definition) is 3. The lowest BCUT2D eigenvalue weighted by atomic mass is 10.0. The van der Waals surface area contributed by atoms with Crippen molar-refractivity contribution >= 4 is 11.9 Å². The van der Waals surface area contributed by atoms with E-state index in [1.54, 1.807) is 0 Å². The second kappa shape index (κ2) is 11.2. The fraction of sp³-hybridized carbons (Fsp3) is 0.846. The molecule has 0 aromatic heterocycles. The lowest BCUT2D eigenvalue weighted by Crippen LogP contribution is -2.30. The Bertz CT molecular complexity index is 299. The highest BCUT2D eigenvalue weighted by molar-refractivity contribution is 5.77. The highest BCUT2D eigenvalue weighted by atomic mass is 16.7. The molecule has 0 bridgehead atoms. The molecule has 1 heterocycles. The monoisotopic (exact) mass is 287 g/mol. The van der Waals surface area contributed by atoms with E-state index in [-0.39, 0.29) is 24.0 Å². The summed E-state index contributed by atoms with van der Waals surface area (Å²) in [5, 5.41) is 8.61. The van der Waals surface area contributed by atoms with Crippen LogP contribution in [0.4, 0.5) is 4.79 Å². The maximum atomic E-state index is 11.3. The number of urea groups is 1. The van der Waals surface area contributed by atoms with Gasteiger partial charge < -0.3 is 16.0 Å². The zero-order valence-corrected chi connectivity index (χ0v) is 12.2. The lowest BCUT2D eigenvalue weighted by Gasteiger charge is -2.13. The van der Waals surface area contributed by atoms with E-state index >= 15 is 0 Å². The van der Waals surface area contributed by atoms with Gasteiger partial charge in [0.15, 0.2) is 0 Å². The van der Waals surface area contributed by atoms with Gasteiger partial charge in [0.25, 0.3) is 0 Å². The van der Waals surface area contributed by atoms with Crippen molar-refractivity contribution in [2.75, 3.05) is 6.54 Å². The summed E-state index contributed by atoms with van der Waals surface area (Å²) in [6.07, 6.45) is 5.61. The second-order valence-corrected chi connectivity index (χ2v) is 4.96. The Morgan fingerprint density at radius 3 is 2.45 bits per heavy atom. The van der Waals surface area contributed by atoms with Crippen molar-refractivity contribution in [3.05, 3.63) is 9.93 Å². The van der Waals surface area contributed by atoms with Gasteiger partial charge in [-0.25, -0.2) is 4.79 Å². The minimum atomic E-state index is -0.0635. The molecule has 3 N–H and O–H groups in total. The molecule has 0 aliphatic carbocycles. The maximum absolute atomic E-state index is 11.3. The van der Waals surface area contributed by atoms with Crippen LogP contribution in [0.5, 0.6) is 0 Å². The van der Waals surface area contributed by atoms with E-state index in [0.717, 1.165) is 38.6 Å². The predicted molar refractivity (Wildman–Crippen MR) is 78.0 cm³/mol. The third kappa shape index (κ3) is 7.70. The van der Waals surface area contributed by atoms with Crippen molar-refractivity contribution in [2.24, 2.45) is 0 Å². The minimum Gasteiger partial charge on any atom is -0.356 e. The van der Waals surface area contributed by atoms with E-state index in [9.17, 15) is 9.59 Å². The van der Waals surface area contributed by atoms with Gasteiger partial charge in [0.05, 0.1) is 6.04 Å². The van der Waals surface area contributed by atoms with Gasteiger partial charge in [-0.05, 0) is 26.2 Å². The van der Waals surface area contributed by atoms with Gasteiger partial charge >= 0.3 is 6.03 Å². The summed E-state index contributed by atoms with van der Waals surface area (Å²) >= 11 is 0.